The molecule has 2 aromatic rings. The average molecular weight is 283 g/mol. The van der Waals surface area contributed by atoms with Gasteiger partial charge in [0.25, 0.3) is 0 Å². The lowest BCUT2D eigenvalue weighted by Crippen LogP contribution is -2.25. The number of anilines is 1. The second-order valence-electron chi connectivity index (χ2n) is 4.61. The van der Waals surface area contributed by atoms with Crippen LogP contribution in [0.15, 0.2) is 65.7 Å². The highest BCUT2D eigenvalue weighted by Gasteiger charge is 2.15. The standard InChI is InChI=1S/C17H15ClN2/c18-15-7-9-16(10-8-15)20-13-12-19-17(20)11-6-14-4-2-1-3-5-14/h1-11H,12-13H2/b11-6+. The lowest BCUT2D eigenvalue weighted by atomic mass is 10.2. The second-order valence-corrected chi connectivity index (χ2v) is 5.05. The fourth-order valence-electron chi connectivity index (χ4n) is 2.22. The summed E-state index contributed by atoms with van der Waals surface area (Å²) in [6, 6.07) is 18.1. The van der Waals surface area contributed by atoms with E-state index < -0.39 is 0 Å². The van der Waals surface area contributed by atoms with Crippen molar-refractivity contribution in [2.75, 3.05) is 18.0 Å². The van der Waals surface area contributed by atoms with E-state index in [0.717, 1.165) is 29.6 Å². The Hall–Kier alpha value is -2.06. The van der Waals surface area contributed by atoms with Crippen molar-refractivity contribution in [2.45, 2.75) is 0 Å². The van der Waals surface area contributed by atoms with Gasteiger partial charge >= 0.3 is 0 Å². The molecule has 1 heterocycles. The summed E-state index contributed by atoms with van der Waals surface area (Å²) in [5.74, 6) is 0.996. The predicted molar refractivity (Wildman–Crippen MR) is 86.6 cm³/mol. The first-order valence-electron chi connectivity index (χ1n) is 6.63. The molecular formula is C17H15ClN2. The van der Waals surface area contributed by atoms with Crippen LogP contribution in [0.3, 0.4) is 0 Å². The molecule has 1 aliphatic rings. The molecule has 0 spiro atoms. The van der Waals surface area contributed by atoms with E-state index in [1.54, 1.807) is 0 Å². The molecule has 0 aliphatic carbocycles. The number of aliphatic imine (C=N–C) groups is 1. The van der Waals surface area contributed by atoms with Crippen molar-refractivity contribution in [2.24, 2.45) is 4.99 Å². The van der Waals surface area contributed by atoms with Crippen molar-refractivity contribution >= 4 is 29.2 Å². The first kappa shape index (κ1) is 12.9. The van der Waals surface area contributed by atoms with Gasteiger partial charge in [-0.05, 0) is 35.9 Å². The Morgan fingerprint density at radius 2 is 1.70 bits per heavy atom. The number of halogens is 1. The van der Waals surface area contributed by atoms with E-state index in [2.05, 4.69) is 34.2 Å². The highest BCUT2D eigenvalue weighted by Crippen LogP contribution is 2.21. The summed E-state index contributed by atoms with van der Waals surface area (Å²) < 4.78 is 0. The molecule has 0 saturated heterocycles. The Labute approximate surface area is 124 Å². The fraction of sp³-hybridized carbons (Fsp3) is 0.118. The molecule has 1 aliphatic heterocycles. The van der Waals surface area contributed by atoms with E-state index in [-0.39, 0.29) is 0 Å². The maximum absolute atomic E-state index is 5.93. The Morgan fingerprint density at radius 3 is 2.45 bits per heavy atom. The van der Waals surface area contributed by atoms with Crippen LogP contribution in [0.25, 0.3) is 6.08 Å². The van der Waals surface area contributed by atoms with Crippen LogP contribution < -0.4 is 4.90 Å². The third-order valence-electron chi connectivity index (χ3n) is 3.24. The highest BCUT2D eigenvalue weighted by molar-refractivity contribution is 6.30. The molecule has 3 heteroatoms. The lowest BCUT2D eigenvalue weighted by Gasteiger charge is -2.18. The molecule has 0 fully saturated rings. The van der Waals surface area contributed by atoms with Crippen molar-refractivity contribution < 1.29 is 0 Å². The molecule has 2 aromatic carbocycles. The van der Waals surface area contributed by atoms with Crippen LogP contribution in [-0.2, 0) is 0 Å². The summed E-state index contributed by atoms with van der Waals surface area (Å²) in [6.45, 7) is 1.74. The Morgan fingerprint density at radius 1 is 0.950 bits per heavy atom. The summed E-state index contributed by atoms with van der Waals surface area (Å²) >= 11 is 5.93. The molecular weight excluding hydrogens is 268 g/mol. The minimum Gasteiger partial charge on any atom is -0.325 e. The van der Waals surface area contributed by atoms with E-state index in [9.17, 15) is 0 Å². The van der Waals surface area contributed by atoms with Crippen molar-refractivity contribution in [3.05, 3.63) is 71.3 Å². The van der Waals surface area contributed by atoms with Gasteiger partial charge in [0.1, 0.15) is 5.84 Å². The molecule has 0 radical (unpaired) electrons. The van der Waals surface area contributed by atoms with Gasteiger partial charge in [0, 0.05) is 17.3 Å². The zero-order valence-electron chi connectivity index (χ0n) is 11.0. The van der Waals surface area contributed by atoms with Crippen molar-refractivity contribution in [3.8, 4) is 0 Å². The van der Waals surface area contributed by atoms with Gasteiger partial charge in [0.15, 0.2) is 0 Å². The average Bonchev–Trinajstić information content (AvgIpc) is 2.95. The maximum Gasteiger partial charge on any atom is 0.128 e. The molecule has 0 unspecified atom stereocenters. The number of benzene rings is 2. The molecule has 2 nitrogen and oxygen atoms in total. The number of hydrogen-bond donors (Lipinski definition) is 0. The highest BCUT2D eigenvalue weighted by atomic mass is 35.5. The molecule has 0 amide bonds. The molecule has 100 valence electrons. The summed E-state index contributed by atoms with van der Waals surface area (Å²) in [5.41, 5.74) is 2.31. The van der Waals surface area contributed by atoms with E-state index >= 15 is 0 Å². The number of nitrogens with zero attached hydrogens (tertiary/aromatic N) is 2. The third kappa shape index (κ3) is 2.91. The summed E-state index contributed by atoms with van der Waals surface area (Å²) in [5, 5.41) is 0.756. The maximum atomic E-state index is 5.93. The van der Waals surface area contributed by atoms with Gasteiger partial charge in [0.2, 0.25) is 0 Å². The Bertz CT molecular complexity index is 630. The van der Waals surface area contributed by atoms with E-state index in [0.29, 0.717) is 0 Å². The molecule has 0 atom stereocenters. The molecule has 20 heavy (non-hydrogen) atoms. The number of hydrogen-bond acceptors (Lipinski definition) is 2. The Balaban J connectivity index is 1.79. The van der Waals surface area contributed by atoms with Gasteiger partial charge in [-0.15, -0.1) is 0 Å². The zero-order chi connectivity index (χ0) is 13.8. The topological polar surface area (TPSA) is 15.6 Å². The first-order chi connectivity index (χ1) is 9.83. The number of rotatable bonds is 3. The third-order valence-corrected chi connectivity index (χ3v) is 3.49. The Kier molecular flexibility index (Phi) is 3.84. The summed E-state index contributed by atoms with van der Waals surface area (Å²) in [6.07, 6.45) is 4.16. The number of amidine groups is 1. The molecule has 0 N–H and O–H groups in total. The van der Waals surface area contributed by atoms with Gasteiger partial charge in [-0.2, -0.15) is 0 Å². The predicted octanol–water partition coefficient (Wildman–Crippen LogP) is 4.27. The minimum atomic E-state index is 0.756. The van der Waals surface area contributed by atoms with Crippen LogP contribution in [0.5, 0.6) is 0 Å². The molecule has 0 bridgehead atoms. The van der Waals surface area contributed by atoms with E-state index in [1.165, 1.54) is 5.56 Å². The second kappa shape index (κ2) is 5.93. The largest absolute Gasteiger partial charge is 0.325 e. The van der Waals surface area contributed by atoms with Crippen LogP contribution in [0.4, 0.5) is 5.69 Å². The monoisotopic (exact) mass is 282 g/mol. The van der Waals surface area contributed by atoms with Gasteiger partial charge in [-0.3, -0.25) is 4.99 Å². The van der Waals surface area contributed by atoms with E-state index in [4.69, 9.17) is 11.6 Å². The normalized spacial score (nSPS) is 14.8. The van der Waals surface area contributed by atoms with Crippen molar-refractivity contribution in [1.82, 2.24) is 0 Å². The minimum absolute atomic E-state index is 0.756. The smallest absolute Gasteiger partial charge is 0.128 e. The fourth-order valence-corrected chi connectivity index (χ4v) is 2.35. The van der Waals surface area contributed by atoms with Crippen LogP contribution in [0.2, 0.25) is 5.02 Å². The van der Waals surface area contributed by atoms with Crippen LogP contribution in [0.1, 0.15) is 5.56 Å². The lowest BCUT2D eigenvalue weighted by molar-refractivity contribution is 1.02. The molecule has 3 rings (SSSR count). The SMILES string of the molecule is Clc1ccc(N2CCN=C2/C=C/c2ccccc2)cc1. The zero-order valence-corrected chi connectivity index (χ0v) is 11.8. The van der Waals surface area contributed by atoms with E-state index in [1.807, 2.05) is 42.5 Å². The molecule has 0 saturated carbocycles. The summed E-state index contributed by atoms with van der Waals surface area (Å²) in [4.78, 5) is 6.76. The van der Waals surface area contributed by atoms with Crippen molar-refractivity contribution in [3.63, 3.8) is 0 Å². The quantitative estimate of drug-likeness (QED) is 0.821. The summed E-state index contributed by atoms with van der Waals surface area (Å²) in [7, 11) is 0. The van der Waals surface area contributed by atoms with Crippen LogP contribution in [0, 0.1) is 0 Å². The van der Waals surface area contributed by atoms with Gasteiger partial charge in [0.05, 0.1) is 6.54 Å². The van der Waals surface area contributed by atoms with Crippen LogP contribution in [-0.4, -0.2) is 18.9 Å². The van der Waals surface area contributed by atoms with Crippen LogP contribution >= 0.6 is 11.6 Å². The van der Waals surface area contributed by atoms with Gasteiger partial charge < -0.3 is 4.90 Å². The first-order valence-corrected chi connectivity index (χ1v) is 7.01. The molecule has 0 aromatic heterocycles. The van der Waals surface area contributed by atoms with Crippen molar-refractivity contribution in [1.29, 1.82) is 0 Å². The van der Waals surface area contributed by atoms with Gasteiger partial charge in [-0.1, -0.05) is 48.0 Å². The van der Waals surface area contributed by atoms with Gasteiger partial charge in [-0.25, -0.2) is 0 Å².